The molecule has 1 aliphatic heterocycles. The van der Waals surface area contributed by atoms with Gasteiger partial charge >= 0.3 is 0 Å². The van der Waals surface area contributed by atoms with Crippen LogP contribution >= 0.6 is 0 Å². The van der Waals surface area contributed by atoms with Crippen LogP contribution in [0.15, 0.2) is 18.2 Å². The molecule has 1 aliphatic rings. The van der Waals surface area contributed by atoms with Gasteiger partial charge in [-0.3, -0.25) is 0 Å². The Hall–Kier alpha value is -0.980. The SMILES string of the molecule is CCC(C)CCc1cccc2c1NCCC2. The Morgan fingerprint density at radius 3 is 3.06 bits per heavy atom. The van der Waals surface area contributed by atoms with Gasteiger partial charge in [0, 0.05) is 12.2 Å². The van der Waals surface area contributed by atoms with Gasteiger partial charge in [-0.2, -0.15) is 0 Å². The fourth-order valence-corrected chi connectivity index (χ4v) is 2.40. The first kappa shape index (κ1) is 11.5. The highest BCUT2D eigenvalue weighted by atomic mass is 14.9. The van der Waals surface area contributed by atoms with Gasteiger partial charge in [-0.15, -0.1) is 0 Å². The fraction of sp³-hybridized carbons (Fsp3) is 0.600. The van der Waals surface area contributed by atoms with Crippen LogP contribution in [-0.2, 0) is 12.8 Å². The predicted octanol–water partition coefficient (Wildman–Crippen LogP) is 4.02. The molecule has 1 N–H and O–H groups in total. The van der Waals surface area contributed by atoms with Gasteiger partial charge in [-0.05, 0) is 42.7 Å². The summed E-state index contributed by atoms with van der Waals surface area (Å²) in [6.45, 7) is 5.78. The molecule has 1 heteroatoms. The smallest absolute Gasteiger partial charge is 0.0405 e. The molecule has 1 nitrogen and oxygen atoms in total. The van der Waals surface area contributed by atoms with Crippen molar-refractivity contribution in [2.24, 2.45) is 5.92 Å². The lowest BCUT2D eigenvalue weighted by atomic mass is 9.94. The molecular formula is C15H23N. The number of hydrogen-bond acceptors (Lipinski definition) is 1. The Bertz CT molecular complexity index is 343. The maximum absolute atomic E-state index is 3.57. The minimum atomic E-state index is 0.847. The molecule has 0 saturated carbocycles. The van der Waals surface area contributed by atoms with E-state index in [2.05, 4.69) is 37.4 Å². The lowest BCUT2D eigenvalue weighted by Crippen LogP contribution is -2.14. The Labute approximate surface area is 99.3 Å². The largest absolute Gasteiger partial charge is 0.385 e. The number of para-hydroxylation sites is 1. The van der Waals surface area contributed by atoms with Crippen molar-refractivity contribution in [3.8, 4) is 0 Å². The molecule has 0 radical (unpaired) electrons. The molecule has 16 heavy (non-hydrogen) atoms. The molecule has 0 fully saturated rings. The highest BCUT2D eigenvalue weighted by molar-refractivity contribution is 5.59. The van der Waals surface area contributed by atoms with E-state index < -0.39 is 0 Å². The highest BCUT2D eigenvalue weighted by Crippen LogP contribution is 2.27. The summed E-state index contributed by atoms with van der Waals surface area (Å²) in [4.78, 5) is 0. The summed E-state index contributed by atoms with van der Waals surface area (Å²) >= 11 is 0. The second-order valence-electron chi connectivity index (χ2n) is 5.03. The van der Waals surface area contributed by atoms with Crippen LogP contribution in [0.25, 0.3) is 0 Å². The van der Waals surface area contributed by atoms with Crippen LogP contribution in [0.1, 0.15) is 44.2 Å². The zero-order valence-electron chi connectivity index (χ0n) is 10.6. The van der Waals surface area contributed by atoms with Gasteiger partial charge in [0.05, 0.1) is 0 Å². The van der Waals surface area contributed by atoms with E-state index in [1.54, 1.807) is 0 Å². The third kappa shape index (κ3) is 2.58. The Kier molecular flexibility index (Phi) is 3.87. The van der Waals surface area contributed by atoms with Crippen LogP contribution in [-0.4, -0.2) is 6.54 Å². The van der Waals surface area contributed by atoms with Gasteiger partial charge in [0.2, 0.25) is 0 Å². The number of hydrogen-bond donors (Lipinski definition) is 1. The maximum Gasteiger partial charge on any atom is 0.0405 e. The van der Waals surface area contributed by atoms with Crippen LogP contribution in [0.4, 0.5) is 5.69 Å². The van der Waals surface area contributed by atoms with Crippen molar-refractivity contribution in [3.05, 3.63) is 29.3 Å². The topological polar surface area (TPSA) is 12.0 Å². The molecule has 1 aromatic rings. The highest BCUT2D eigenvalue weighted by Gasteiger charge is 2.12. The first-order chi connectivity index (χ1) is 7.81. The zero-order valence-corrected chi connectivity index (χ0v) is 10.6. The minimum absolute atomic E-state index is 0.847. The summed E-state index contributed by atoms with van der Waals surface area (Å²) in [7, 11) is 0. The number of nitrogens with one attached hydrogen (secondary N) is 1. The average molecular weight is 217 g/mol. The van der Waals surface area contributed by atoms with E-state index in [9.17, 15) is 0 Å². The van der Waals surface area contributed by atoms with Crippen molar-refractivity contribution < 1.29 is 0 Å². The second kappa shape index (κ2) is 5.38. The van der Waals surface area contributed by atoms with E-state index >= 15 is 0 Å². The first-order valence-electron chi connectivity index (χ1n) is 6.66. The lowest BCUT2D eigenvalue weighted by molar-refractivity contribution is 0.516. The summed E-state index contributed by atoms with van der Waals surface area (Å²) in [6.07, 6.45) is 6.36. The molecule has 2 rings (SSSR count). The Morgan fingerprint density at radius 1 is 1.38 bits per heavy atom. The summed E-state index contributed by atoms with van der Waals surface area (Å²) in [5.74, 6) is 0.847. The van der Waals surface area contributed by atoms with E-state index in [0.29, 0.717) is 0 Å². The number of anilines is 1. The van der Waals surface area contributed by atoms with Gasteiger partial charge in [-0.1, -0.05) is 38.5 Å². The normalized spacial score (nSPS) is 16.4. The van der Waals surface area contributed by atoms with Crippen molar-refractivity contribution in [1.29, 1.82) is 0 Å². The maximum atomic E-state index is 3.57. The predicted molar refractivity (Wildman–Crippen MR) is 71.0 cm³/mol. The molecule has 0 spiro atoms. The van der Waals surface area contributed by atoms with Crippen LogP contribution in [0.2, 0.25) is 0 Å². The standard InChI is InChI=1S/C15H23N/c1-3-12(2)9-10-14-7-4-6-13-8-5-11-16-15(13)14/h4,6-7,12,16H,3,5,8-11H2,1-2H3. The second-order valence-corrected chi connectivity index (χ2v) is 5.03. The average Bonchev–Trinajstić information content (AvgIpc) is 2.35. The summed E-state index contributed by atoms with van der Waals surface area (Å²) < 4.78 is 0. The number of benzene rings is 1. The molecule has 88 valence electrons. The van der Waals surface area contributed by atoms with Crippen molar-refractivity contribution in [1.82, 2.24) is 0 Å². The molecular weight excluding hydrogens is 194 g/mol. The molecule has 1 aromatic carbocycles. The summed E-state index contributed by atoms with van der Waals surface area (Å²) in [5.41, 5.74) is 4.49. The fourth-order valence-electron chi connectivity index (χ4n) is 2.40. The molecule has 0 saturated heterocycles. The molecule has 1 atom stereocenters. The van der Waals surface area contributed by atoms with Crippen LogP contribution in [0, 0.1) is 5.92 Å². The monoisotopic (exact) mass is 217 g/mol. The minimum Gasteiger partial charge on any atom is -0.385 e. The first-order valence-corrected chi connectivity index (χ1v) is 6.66. The van der Waals surface area contributed by atoms with E-state index in [-0.39, 0.29) is 0 Å². The molecule has 0 aliphatic carbocycles. The van der Waals surface area contributed by atoms with Crippen molar-refractivity contribution in [3.63, 3.8) is 0 Å². The third-order valence-electron chi connectivity index (χ3n) is 3.77. The zero-order chi connectivity index (χ0) is 11.4. The number of rotatable bonds is 4. The molecule has 1 unspecified atom stereocenters. The molecule has 1 heterocycles. The van der Waals surface area contributed by atoms with Gasteiger partial charge in [-0.25, -0.2) is 0 Å². The third-order valence-corrected chi connectivity index (χ3v) is 3.77. The Morgan fingerprint density at radius 2 is 2.25 bits per heavy atom. The molecule has 0 amide bonds. The van der Waals surface area contributed by atoms with Crippen molar-refractivity contribution in [2.45, 2.75) is 46.0 Å². The van der Waals surface area contributed by atoms with Crippen LogP contribution in [0.3, 0.4) is 0 Å². The quantitative estimate of drug-likeness (QED) is 0.803. The van der Waals surface area contributed by atoms with Crippen molar-refractivity contribution in [2.75, 3.05) is 11.9 Å². The summed E-state index contributed by atoms with van der Waals surface area (Å²) in [5, 5.41) is 3.57. The van der Waals surface area contributed by atoms with Gasteiger partial charge in [0.25, 0.3) is 0 Å². The van der Waals surface area contributed by atoms with Gasteiger partial charge in [0.1, 0.15) is 0 Å². The lowest BCUT2D eigenvalue weighted by Gasteiger charge is -2.21. The summed E-state index contributed by atoms with van der Waals surface area (Å²) in [6, 6.07) is 6.78. The van der Waals surface area contributed by atoms with E-state index in [1.807, 2.05) is 0 Å². The van der Waals surface area contributed by atoms with E-state index in [4.69, 9.17) is 0 Å². The van der Waals surface area contributed by atoms with Gasteiger partial charge in [0.15, 0.2) is 0 Å². The number of fused-ring (bicyclic) bond motifs is 1. The van der Waals surface area contributed by atoms with Crippen molar-refractivity contribution >= 4 is 5.69 Å². The number of aryl methyl sites for hydroxylation is 2. The van der Waals surface area contributed by atoms with E-state index in [1.165, 1.54) is 48.9 Å². The van der Waals surface area contributed by atoms with Crippen LogP contribution in [0.5, 0.6) is 0 Å². The molecule has 0 bridgehead atoms. The molecule has 0 aromatic heterocycles. The Balaban J connectivity index is 2.08. The van der Waals surface area contributed by atoms with E-state index in [0.717, 1.165) is 12.5 Å². The van der Waals surface area contributed by atoms with Gasteiger partial charge < -0.3 is 5.32 Å². The van der Waals surface area contributed by atoms with Crippen LogP contribution < -0.4 is 5.32 Å².